The van der Waals surface area contributed by atoms with Crippen LogP contribution in [0.15, 0.2) is 42.6 Å². The van der Waals surface area contributed by atoms with Crippen LogP contribution in [0.1, 0.15) is 19.4 Å². The monoisotopic (exact) mass is 301 g/mol. The third kappa shape index (κ3) is 6.77. The lowest BCUT2D eigenvalue weighted by Gasteiger charge is -2.22. The highest BCUT2D eigenvalue weighted by molar-refractivity contribution is 6.76. The Labute approximate surface area is 130 Å². The molecule has 0 aliphatic carbocycles. The summed E-state index contributed by atoms with van der Waals surface area (Å²) >= 11 is 0. The van der Waals surface area contributed by atoms with Gasteiger partial charge in [0, 0.05) is 0 Å². The molecule has 3 heteroatoms. The summed E-state index contributed by atoms with van der Waals surface area (Å²) in [5, 5.41) is 0. The average molecular weight is 302 g/mol. The molecule has 0 heterocycles. The quantitative estimate of drug-likeness (QED) is 0.539. The Morgan fingerprint density at radius 1 is 1.19 bits per heavy atom. The normalized spacial score (nSPS) is 13.3. The Morgan fingerprint density at radius 2 is 1.86 bits per heavy atom. The fourth-order valence-electron chi connectivity index (χ4n) is 2.05. The lowest BCUT2D eigenvalue weighted by Crippen LogP contribution is -2.36. The Balaban J connectivity index is 2.47. The van der Waals surface area contributed by atoms with E-state index in [0.29, 0.717) is 6.61 Å². The minimum Gasteiger partial charge on any atom is -0.402 e. The first kappa shape index (κ1) is 17.7. The van der Waals surface area contributed by atoms with Gasteiger partial charge in [-0.15, -0.1) is 6.58 Å². The fourth-order valence-corrected chi connectivity index (χ4v) is 3.86. The van der Waals surface area contributed by atoms with Gasteiger partial charge in [0.25, 0.3) is 0 Å². The van der Waals surface area contributed by atoms with Gasteiger partial charge >= 0.3 is 0 Å². The summed E-state index contributed by atoms with van der Waals surface area (Å²) in [6.45, 7) is 13.9. The van der Waals surface area contributed by atoms with Crippen molar-refractivity contribution in [1.29, 1.82) is 0 Å². The molecule has 0 bridgehead atoms. The Hall–Kier alpha value is -1.34. The van der Waals surface area contributed by atoms with E-state index in [0.717, 1.165) is 25.7 Å². The molecule has 0 aliphatic heterocycles. The third-order valence-electron chi connectivity index (χ3n) is 3.63. The molecule has 0 spiro atoms. The smallest absolute Gasteiger partial charge is 0.219 e. The summed E-state index contributed by atoms with van der Waals surface area (Å²) in [6.07, 6.45) is 0. The molecule has 2 nitrogen and oxygen atoms in total. The van der Waals surface area contributed by atoms with Gasteiger partial charge in [-0.3, -0.25) is 4.90 Å². The van der Waals surface area contributed by atoms with E-state index in [4.69, 9.17) is 4.43 Å². The first-order chi connectivity index (χ1) is 10.1. The van der Waals surface area contributed by atoms with Crippen LogP contribution in [0.25, 0.3) is 0 Å². The van der Waals surface area contributed by atoms with E-state index in [1.54, 1.807) is 0 Å². The van der Waals surface area contributed by atoms with E-state index in [9.17, 15) is 0 Å². The first-order valence-corrected chi connectivity index (χ1v) is 10.3. The summed E-state index contributed by atoms with van der Waals surface area (Å²) in [7, 11) is -1.91. The highest BCUT2D eigenvalue weighted by Crippen LogP contribution is 2.14. The molecule has 0 N–H and O–H groups in total. The molecular formula is C18H27NOSi. The number of benzene rings is 1. The molecule has 0 amide bonds. The Kier molecular flexibility index (Phi) is 8.07. The molecule has 1 rings (SSSR count). The van der Waals surface area contributed by atoms with Gasteiger partial charge in [0.05, 0.1) is 13.2 Å². The van der Waals surface area contributed by atoms with Gasteiger partial charge in [0.2, 0.25) is 8.32 Å². The zero-order valence-electron chi connectivity index (χ0n) is 13.6. The van der Waals surface area contributed by atoms with Crippen LogP contribution in [0.4, 0.5) is 0 Å². The summed E-state index contributed by atoms with van der Waals surface area (Å²) < 4.78 is 6.06. The maximum absolute atomic E-state index is 6.06. The van der Waals surface area contributed by atoms with Gasteiger partial charge in [0.15, 0.2) is 0 Å². The van der Waals surface area contributed by atoms with Crippen LogP contribution in [-0.4, -0.2) is 39.5 Å². The number of nitrogens with zero attached hydrogens (tertiary/aromatic N) is 1. The van der Waals surface area contributed by atoms with E-state index in [2.05, 4.69) is 68.0 Å². The molecule has 0 saturated heterocycles. The molecule has 0 saturated carbocycles. The molecule has 1 aromatic carbocycles. The van der Waals surface area contributed by atoms with Crippen LogP contribution in [0.5, 0.6) is 0 Å². The molecule has 0 fully saturated rings. The summed E-state index contributed by atoms with van der Waals surface area (Å²) in [5.74, 6) is 6.32. The van der Waals surface area contributed by atoms with Crippen molar-refractivity contribution in [1.82, 2.24) is 4.90 Å². The fraction of sp³-hybridized carbons (Fsp3) is 0.444. The van der Waals surface area contributed by atoms with Crippen molar-refractivity contribution >= 4 is 8.32 Å². The highest BCUT2D eigenvalue weighted by atomic mass is 28.4. The van der Waals surface area contributed by atoms with Gasteiger partial charge in [-0.1, -0.05) is 61.7 Å². The molecule has 21 heavy (non-hydrogen) atoms. The van der Waals surface area contributed by atoms with Crippen LogP contribution in [0.2, 0.25) is 6.55 Å². The van der Waals surface area contributed by atoms with E-state index in [-0.39, 0.29) is 0 Å². The van der Waals surface area contributed by atoms with Crippen LogP contribution in [-0.2, 0) is 10.5 Å². The Morgan fingerprint density at radius 3 is 2.43 bits per heavy atom. The molecule has 114 valence electrons. The maximum Gasteiger partial charge on any atom is 0.219 e. The van der Waals surface area contributed by atoms with E-state index < -0.39 is 8.32 Å². The van der Waals surface area contributed by atoms with E-state index >= 15 is 0 Å². The SMILES string of the molecule is C=C[Si](C)(Cc1ccccc1)OCC#CCN(CC)CC. The lowest BCUT2D eigenvalue weighted by molar-refractivity contribution is 0.340. The molecule has 1 atom stereocenters. The zero-order chi connectivity index (χ0) is 15.6. The van der Waals surface area contributed by atoms with Crippen molar-refractivity contribution in [2.24, 2.45) is 0 Å². The van der Waals surface area contributed by atoms with Crippen LogP contribution in [0.3, 0.4) is 0 Å². The highest BCUT2D eigenvalue weighted by Gasteiger charge is 2.25. The third-order valence-corrected chi connectivity index (χ3v) is 6.40. The standard InChI is InChI=1S/C18H27NOSi/c1-5-19(6-2)15-11-12-16-20-21(4,7-3)17-18-13-9-8-10-14-18/h7-10,13-14H,3,5-6,15-17H2,1-2,4H3. The second-order valence-electron chi connectivity index (χ2n) is 5.28. The maximum atomic E-state index is 6.06. The van der Waals surface area contributed by atoms with Crippen molar-refractivity contribution in [2.75, 3.05) is 26.2 Å². The van der Waals surface area contributed by atoms with Crippen molar-refractivity contribution in [3.63, 3.8) is 0 Å². The average Bonchev–Trinajstić information content (AvgIpc) is 2.52. The molecule has 0 radical (unpaired) electrons. The Bertz CT molecular complexity index is 473. The van der Waals surface area contributed by atoms with Gasteiger partial charge < -0.3 is 4.43 Å². The van der Waals surface area contributed by atoms with Gasteiger partial charge in [-0.05, 0) is 31.2 Å². The van der Waals surface area contributed by atoms with E-state index in [1.165, 1.54) is 5.56 Å². The second kappa shape index (κ2) is 9.57. The molecule has 1 aromatic rings. The molecule has 1 unspecified atom stereocenters. The molecule has 0 aromatic heterocycles. The van der Waals surface area contributed by atoms with Crippen LogP contribution in [0, 0.1) is 11.8 Å². The largest absolute Gasteiger partial charge is 0.402 e. The predicted molar refractivity (Wildman–Crippen MR) is 93.5 cm³/mol. The van der Waals surface area contributed by atoms with Gasteiger partial charge in [-0.25, -0.2) is 0 Å². The zero-order valence-corrected chi connectivity index (χ0v) is 14.6. The van der Waals surface area contributed by atoms with E-state index in [1.807, 2.05) is 11.8 Å². The summed E-state index contributed by atoms with van der Waals surface area (Å²) in [4.78, 5) is 2.29. The molecule has 0 aliphatic rings. The lowest BCUT2D eigenvalue weighted by atomic mass is 10.2. The van der Waals surface area contributed by atoms with Gasteiger partial charge in [0.1, 0.15) is 0 Å². The second-order valence-corrected chi connectivity index (χ2v) is 8.96. The predicted octanol–water partition coefficient (Wildman–Crippen LogP) is 3.43. The van der Waals surface area contributed by atoms with Gasteiger partial charge in [-0.2, -0.15) is 0 Å². The summed E-state index contributed by atoms with van der Waals surface area (Å²) in [5.41, 5.74) is 3.31. The van der Waals surface area contributed by atoms with Crippen LogP contribution < -0.4 is 0 Å². The number of hydrogen-bond acceptors (Lipinski definition) is 2. The summed E-state index contributed by atoms with van der Waals surface area (Å²) in [6, 6.07) is 11.4. The number of hydrogen-bond donors (Lipinski definition) is 0. The van der Waals surface area contributed by atoms with Crippen molar-refractivity contribution in [3.8, 4) is 11.8 Å². The minimum absolute atomic E-state index is 0.503. The first-order valence-electron chi connectivity index (χ1n) is 7.63. The topological polar surface area (TPSA) is 12.5 Å². The van der Waals surface area contributed by atoms with Crippen molar-refractivity contribution < 1.29 is 4.43 Å². The molecular weight excluding hydrogens is 274 g/mol. The van der Waals surface area contributed by atoms with Crippen LogP contribution >= 0.6 is 0 Å². The minimum atomic E-state index is -1.91. The van der Waals surface area contributed by atoms with Crippen molar-refractivity contribution in [2.45, 2.75) is 26.4 Å². The number of rotatable bonds is 8. The van der Waals surface area contributed by atoms with Crippen molar-refractivity contribution in [3.05, 3.63) is 48.2 Å².